The molecule has 1 heterocycles. The quantitative estimate of drug-likeness (QED) is 0.869. The van der Waals surface area contributed by atoms with Gasteiger partial charge in [-0.25, -0.2) is 0 Å². The SMILES string of the molecule is CCOc1cccc(NC2c3ccccc3CC2Cl)n1. The Kier molecular flexibility index (Phi) is 3.79. The van der Waals surface area contributed by atoms with E-state index in [1.54, 1.807) is 0 Å². The Hall–Kier alpha value is -1.74. The van der Waals surface area contributed by atoms with Crippen LogP contribution in [0.15, 0.2) is 42.5 Å². The summed E-state index contributed by atoms with van der Waals surface area (Å²) >= 11 is 6.47. The molecule has 2 aromatic rings. The van der Waals surface area contributed by atoms with Crippen molar-refractivity contribution in [3.63, 3.8) is 0 Å². The lowest BCUT2D eigenvalue weighted by atomic mass is 10.1. The Bertz CT molecular complexity index is 603. The van der Waals surface area contributed by atoms with Crippen molar-refractivity contribution in [2.45, 2.75) is 24.8 Å². The van der Waals surface area contributed by atoms with Crippen LogP contribution in [0.5, 0.6) is 5.88 Å². The summed E-state index contributed by atoms with van der Waals surface area (Å²) in [4.78, 5) is 4.44. The summed E-state index contributed by atoms with van der Waals surface area (Å²) in [7, 11) is 0. The highest BCUT2D eigenvalue weighted by molar-refractivity contribution is 6.21. The number of alkyl halides is 1. The average molecular weight is 289 g/mol. The predicted octanol–water partition coefficient (Wildman–Crippen LogP) is 3.80. The van der Waals surface area contributed by atoms with E-state index in [1.165, 1.54) is 11.1 Å². The fourth-order valence-electron chi connectivity index (χ4n) is 2.60. The number of pyridine rings is 1. The minimum atomic E-state index is 0.0462. The maximum absolute atomic E-state index is 6.47. The maximum atomic E-state index is 6.47. The van der Waals surface area contributed by atoms with Gasteiger partial charge in [0.1, 0.15) is 5.82 Å². The molecule has 1 N–H and O–H groups in total. The van der Waals surface area contributed by atoms with Crippen LogP contribution in [0.2, 0.25) is 0 Å². The number of benzene rings is 1. The van der Waals surface area contributed by atoms with Crippen LogP contribution >= 0.6 is 11.6 Å². The molecule has 3 rings (SSSR count). The zero-order valence-corrected chi connectivity index (χ0v) is 12.1. The van der Waals surface area contributed by atoms with Gasteiger partial charge in [-0.2, -0.15) is 4.98 Å². The van der Waals surface area contributed by atoms with Gasteiger partial charge in [-0.3, -0.25) is 0 Å². The number of ether oxygens (including phenoxy) is 1. The van der Waals surface area contributed by atoms with Gasteiger partial charge >= 0.3 is 0 Å². The molecule has 0 amide bonds. The number of fused-ring (bicyclic) bond motifs is 1. The minimum absolute atomic E-state index is 0.0462. The second-order valence-corrected chi connectivity index (χ2v) is 5.40. The van der Waals surface area contributed by atoms with Crippen LogP contribution in [0.25, 0.3) is 0 Å². The van der Waals surface area contributed by atoms with Gasteiger partial charge in [-0.1, -0.05) is 30.3 Å². The molecule has 20 heavy (non-hydrogen) atoms. The fraction of sp³-hybridized carbons (Fsp3) is 0.312. The number of nitrogens with zero attached hydrogens (tertiary/aromatic N) is 1. The second kappa shape index (κ2) is 5.71. The van der Waals surface area contributed by atoms with Gasteiger partial charge < -0.3 is 10.1 Å². The lowest BCUT2D eigenvalue weighted by molar-refractivity contribution is 0.327. The van der Waals surface area contributed by atoms with Crippen molar-refractivity contribution >= 4 is 17.4 Å². The van der Waals surface area contributed by atoms with Gasteiger partial charge in [0, 0.05) is 6.07 Å². The largest absolute Gasteiger partial charge is 0.478 e. The molecule has 4 heteroatoms. The first-order valence-corrected chi connectivity index (χ1v) is 7.30. The summed E-state index contributed by atoms with van der Waals surface area (Å²) in [5.41, 5.74) is 2.57. The van der Waals surface area contributed by atoms with E-state index in [1.807, 2.05) is 31.2 Å². The van der Waals surface area contributed by atoms with E-state index in [2.05, 4.69) is 28.5 Å². The molecule has 1 aromatic carbocycles. The van der Waals surface area contributed by atoms with Crippen LogP contribution in [0.3, 0.4) is 0 Å². The number of hydrogen-bond acceptors (Lipinski definition) is 3. The fourth-order valence-corrected chi connectivity index (χ4v) is 2.96. The van der Waals surface area contributed by atoms with Gasteiger partial charge in [0.25, 0.3) is 0 Å². The van der Waals surface area contributed by atoms with Gasteiger partial charge in [0.2, 0.25) is 5.88 Å². The molecule has 1 aromatic heterocycles. The third kappa shape index (κ3) is 2.59. The topological polar surface area (TPSA) is 34.1 Å². The zero-order chi connectivity index (χ0) is 13.9. The monoisotopic (exact) mass is 288 g/mol. The smallest absolute Gasteiger partial charge is 0.215 e. The molecule has 1 aliphatic carbocycles. The standard InChI is InChI=1S/C16H17ClN2O/c1-2-20-15-9-5-8-14(18-15)19-16-12-7-4-3-6-11(12)10-13(16)17/h3-9,13,16H,2,10H2,1H3,(H,18,19). The van der Waals surface area contributed by atoms with Crippen LogP contribution < -0.4 is 10.1 Å². The molecule has 0 spiro atoms. The zero-order valence-electron chi connectivity index (χ0n) is 11.3. The Morgan fingerprint density at radius 2 is 2.10 bits per heavy atom. The van der Waals surface area contributed by atoms with Gasteiger partial charge in [0.05, 0.1) is 18.0 Å². The first-order chi connectivity index (χ1) is 9.78. The molecule has 0 aliphatic heterocycles. The molecule has 104 valence electrons. The maximum Gasteiger partial charge on any atom is 0.215 e. The number of halogens is 1. The summed E-state index contributed by atoms with van der Waals surface area (Å²) in [5, 5.41) is 3.47. The Morgan fingerprint density at radius 3 is 2.95 bits per heavy atom. The first-order valence-electron chi connectivity index (χ1n) is 6.86. The third-order valence-corrected chi connectivity index (χ3v) is 3.89. The van der Waals surface area contributed by atoms with E-state index < -0.39 is 0 Å². The average Bonchev–Trinajstić information content (AvgIpc) is 2.76. The number of anilines is 1. The van der Waals surface area contributed by atoms with Crippen LogP contribution in [0, 0.1) is 0 Å². The third-order valence-electron chi connectivity index (χ3n) is 3.49. The molecule has 2 unspecified atom stereocenters. The van der Waals surface area contributed by atoms with E-state index in [0.29, 0.717) is 12.5 Å². The molecule has 0 bridgehead atoms. The number of hydrogen-bond donors (Lipinski definition) is 1. The van der Waals surface area contributed by atoms with Crippen LogP contribution in [0.4, 0.5) is 5.82 Å². The first kappa shape index (κ1) is 13.3. The molecule has 0 fully saturated rings. The Balaban J connectivity index is 1.82. The van der Waals surface area contributed by atoms with Crippen molar-refractivity contribution in [3.05, 3.63) is 53.6 Å². The summed E-state index contributed by atoms with van der Waals surface area (Å²) < 4.78 is 5.42. The lowest BCUT2D eigenvalue weighted by Crippen LogP contribution is -2.17. The summed E-state index contributed by atoms with van der Waals surface area (Å²) in [6, 6.07) is 14.2. The molecular weight excluding hydrogens is 272 g/mol. The number of aromatic nitrogens is 1. The summed E-state index contributed by atoms with van der Waals surface area (Å²) in [6.45, 7) is 2.56. The lowest BCUT2D eigenvalue weighted by Gasteiger charge is -2.18. The van der Waals surface area contributed by atoms with Gasteiger partial charge in [-0.15, -0.1) is 11.6 Å². The molecule has 0 saturated heterocycles. The van der Waals surface area contributed by atoms with E-state index >= 15 is 0 Å². The van der Waals surface area contributed by atoms with Crippen molar-refractivity contribution < 1.29 is 4.74 Å². The van der Waals surface area contributed by atoms with Gasteiger partial charge in [0.15, 0.2) is 0 Å². The van der Waals surface area contributed by atoms with E-state index in [-0.39, 0.29) is 11.4 Å². The van der Waals surface area contributed by atoms with E-state index in [9.17, 15) is 0 Å². The molecule has 2 atom stereocenters. The Morgan fingerprint density at radius 1 is 1.25 bits per heavy atom. The van der Waals surface area contributed by atoms with Crippen molar-refractivity contribution in [2.24, 2.45) is 0 Å². The van der Waals surface area contributed by atoms with Crippen LogP contribution in [-0.2, 0) is 6.42 Å². The van der Waals surface area contributed by atoms with Crippen molar-refractivity contribution in [3.8, 4) is 5.88 Å². The van der Waals surface area contributed by atoms with Crippen LogP contribution in [0.1, 0.15) is 24.1 Å². The Labute approximate surface area is 123 Å². The van der Waals surface area contributed by atoms with Crippen molar-refractivity contribution in [1.29, 1.82) is 0 Å². The highest BCUT2D eigenvalue weighted by atomic mass is 35.5. The normalized spacial score (nSPS) is 20.5. The van der Waals surface area contributed by atoms with E-state index in [0.717, 1.165) is 12.2 Å². The second-order valence-electron chi connectivity index (χ2n) is 4.84. The number of rotatable bonds is 4. The predicted molar refractivity (Wildman–Crippen MR) is 81.6 cm³/mol. The van der Waals surface area contributed by atoms with Gasteiger partial charge in [-0.05, 0) is 30.5 Å². The summed E-state index contributed by atoms with van der Waals surface area (Å²) in [6.07, 6.45) is 0.889. The molecule has 0 radical (unpaired) electrons. The van der Waals surface area contributed by atoms with Crippen LogP contribution in [-0.4, -0.2) is 17.0 Å². The molecule has 3 nitrogen and oxygen atoms in total. The molecule has 1 aliphatic rings. The highest BCUT2D eigenvalue weighted by Gasteiger charge is 2.30. The molecule has 0 saturated carbocycles. The highest BCUT2D eigenvalue weighted by Crippen LogP contribution is 2.36. The summed E-state index contributed by atoms with van der Waals surface area (Å²) in [5.74, 6) is 1.43. The minimum Gasteiger partial charge on any atom is -0.478 e. The number of nitrogens with one attached hydrogen (secondary N) is 1. The van der Waals surface area contributed by atoms with Crippen molar-refractivity contribution in [1.82, 2.24) is 4.98 Å². The molecular formula is C16H17ClN2O. The van der Waals surface area contributed by atoms with Crippen molar-refractivity contribution in [2.75, 3.05) is 11.9 Å². The van der Waals surface area contributed by atoms with E-state index in [4.69, 9.17) is 16.3 Å².